The third-order valence-electron chi connectivity index (χ3n) is 1.86. The highest BCUT2D eigenvalue weighted by Crippen LogP contribution is 2.12. The van der Waals surface area contributed by atoms with E-state index in [9.17, 15) is 0 Å². The smallest absolute Gasteiger partial charge is 0.0327 e. The number of hydrogen-bond acceptors (Lipinski definition) is 1. The molecular weight excluding hydrogens is 110 g/mol. The molecule has 1 heteroatoms. The molecule has 1 aliphatic heterocycles. The first-order valence-electron chi connectivity index (χ1n) is 3.47. The Hall–Kier alpha value is -0.480. The summed E-state index contributed by atoms with van der Waals surface area (Å²) in [5.41, 5.74) is 0. The molecule has 0 bridgehead atoms. The molecule has 1 aliphatic rings. The minimum atomic E-state index is 0.517. The van der Waals surface area contributed by atoms with Crippen molar-refractivity contribution in [3.8, 4) is 12.3 Å². The van der Waals surface area contributed by atoms with Crippen LogP contribution in [-0.2, 0) is 0 Å². The topological polar surface area (TPSA) is 3.24 Å². The predicted molar refractivity (Wildman–Crippen MR) is 39.1 cm³/mol. The Morgan fingerprint density at radius 3 is 2.89 bits per heavy atom. The summed E-state index contributed by atoms with van der Waals surface area (Å²) in [7, 11) is 2.13. The van der Waals surface area contributed by atoms with E-state index in [2.05, 4.69) is 17.9 Å². The molecule has 1 atom stereocenters. The van der Waals surface area contributed by atoms with Gasteiger partial charge in [0.2, 0.25) is 0 Å². The van der Waals surface area contributed by atoms with Crippen molar-refractivity contribution in [3.63, 3.8) is 0 Å². The van der Waals surface area contributed by atoms with Crippen LogP contribution in [0.3, 0.4) is 0 Å². The van der Waals surface area contributed by atoms with E-state index in [4.69, 9.17) is 6.42 Å². The Kier molecular flexibility index (Phi) is 2.13. The second-order valence-corrected chi connectivity index (χ2v) is 2.77. The van der Waals surface area contributed by atoms with E-state index in [0.717, 1.165) is 6.54 Å². The average molecular weight is 123 g/mol. The molecule has 1 fully saturated rings. The molecule has 0 N–H and O–H groups in total. The number of piperidine rings is 1. The summed E-state index contributed by atoms with van der Waals surface area (Å²) in [5.74, 6) is 3.31. The summed E-state index contributed by atoms with van der Waals surface area (Å²) in [5, 5.41) is 0. The fraction of sp³-hybridized carbons (Fsp3) is 0.750. The molecular formula is C8H13N. The number of nitrogens with zero attached hydrogens (tertiary/aromatic N) is 1. The fourth-order valence-corrected chi connectivity index (χ4v) is 1.30. The fourth-order valence-electron chi connectivity index (χ4n) is 1.30. The van der Waals surface area contributed by atoms with Gasteiger partial charge in [-0.1, -0.05) is 0 Å². The lowest BCUT2D eigenvalue weighted by Crippen LogP contribution is -2.31. The third-order valence-corrected chi connectivity index (χ3v) is 1.86. The van der Waals surface area contributed by atoms with Gasteiger partial charge in [-0.3, -0.25) is 0 Å². The zero-order valence-electron chi connectivity index (χ0n) is 5.93. The molecule has 1 saturated heterocycles. The summed E-state index contributed by atoms with van der Waals surface area (Å²) in [6.45, 7) is 2.31. The van der Waals surface area contributed by atoms with Crippen LogP contribution >= 0.6 is 0 Å². The normalized spacial score (nSPS) is 29.6. The molecule has 0 spiro atoms. The highest BCUT2D eigenvalue weighted by atomic mass is 15.1. The van der Waals surface area contributed by atoms with Crippen molar-refractivity contribution < 1.29 is 0 Å². The molecule has 0 aliphatic carbocycles. The van der Waals surface area contributed by atoms with Crippen molar-refractivity contribution in [2.45, 2.75) is 12.8 Å². The summed E-state index contributed by atoms with van der Waals surface area (Å²) in [6.07, 6.45) is 7.78. The SMILES string of the molecule is C#C[C@H]1CCCN(C)C1. The van der Waals surface area contributed by atoms with E-state index in [-0.39, 0.29) is 0 Å². The van der Waals surface area contributed by atoms with Crippen LogP contribution in [0.2, 0.25) is 0 Å². The Balaban J connectivity index is 2.34. The summed E-state index contributed by atoms with van der Waals surface area (Å²) >= 11 is 0. The van der Waals surface area contributed by atoms with Crippen molar-refractivity contribution in [2.75, 3.05) is 20.1 Å². The molecule has 9 heavy (non-hydrogen) atoms. The van der Waals surface area contributed by atoms with E-state index < -0.39 is 0 Å². The summed E-state index contributed by atoms with van der Waals surface area (Å²) in [6, 6.07) is 0. The Morgan fingerprint density at radius 2 is 2.44 bits per heavy atom. The molecule has 0 aromatic rings. The maximum absolute atomic E-state index is 5.29. The van der Waals surface area contributed by atoms with Crippen LogP contribution in [0, 0.1) is 18.3 Å². The van der Waals surface area contributed by atoms with Gasteiger partial charge < -0.3 is 4.90 Å². The van der Waals surface area contributed by atoms with Crippen molar-refractivity contribution in [3.05, 3.63) is 0 Å². The molecule has 1 nitrogen and oxygen atoms in total. The predicted octanol–water partition coefficient (Wildman–Crippen LogP) is 0.961. The van der Waals surface area contributed by atoms with Gasteiger partial charge in [-0.15, -0.1) is 12.3 Å². The van der Waals surface area contributed by atoms with Gasteiger partial charge >= 0.3 is 0 Å². The highest BCUT2D eigenvalue weighted by Gasteiger charge is 2.13. The lowest BCUT2D eigenvalue weighted by molar-refractivity contribution is 0.242. The molecule has 0 unspecified atom stereocenters. The van der Waals surface area contributed by atoms with E-state index in [1.807, 2.05) is 0 Å². The van der Waals surface area contributed by atoms with Crippen LogP contribution in [0.5, 0.6) is 0 Å². The minimum Gasteiger partial charge on any atom is -0.305 e. The van der Waals surface area contributed by atoms with Crippen LogP contribution in [0.1, 0.15) is 12.8 Å². The lowest BCUT2D eigenvalue weighted by atomic mass is 10.00. The van der Waals surface area contributed by atoms with E-state index in [1.54, 1.807) is 0 Å². The van der Waals surface area contributed by atoms with Gasteiger partial charge in [-0.05, 0) is 26.4 Å². The van der Waals surface area contributed by atoms with Gasteiger partial charge in [0.1, 0.15) is 0 Å². The van der Waals surface area contributed by atoms with Gasteiger partial charge in [0, 0.05) is 12.5 Å². The van der Waals surface area contributed by atoms with Crippen molar-refractivity contribution in [1.82, 2.24) is 4.90 Å². The molecule has 0 aromatic heterocycles. The number of hydrogen-bond donors (Lipinski definition) is 0. The van der Waals surface area contributed by atoms with Gasteiger partial charge in [-0.2, -0.15) is 0 Å². The van der Waals surface area contributed by atoms with E-state index in [0.29, 0.717) is 5.92 Å². The van der Waals surface area contributed by atoms with Crippen LogP contribution in [0.15, 0.2) is 0 Å². The molecule has 0 saturated carbocycles. The van der Waals surface area contributed by atoms with Crippen LogP contribution in [0.4, 0.5) is 0 Å². The Bertz CT molecular complexity index is 123. The number of likely N-dealkylation sites (tertiary alicyclic amines) is 1. The minimum absolute atomic E-state index is 0.517. The van der Waals surface area contributed by atoms with Gasteiger partial charge in [0.15, 0.2) is 0 Å². The van der Waals surface area contributed by atoms with Gasteiger partial charge in [0.25, 0.3) is 0 Å². The van der Waals surface area contributed by atoms with E-state index >= 15 is 0 Å². The quantitative estimate of drug-likeness (QED) is 0.434. The summed E-state index contributed by atoms with van der Waals surface area (Å²) < 4.78 is 0. The first-order valence-corrected chi connectivity index (χ1v) is 3.47. The number of terminal acetylenes is 1. The largest absolute Gasteiger partial charge is 0.305 e. The lowest BCUT2D eigenvalue weighted by Gasteiger charge is -2.25. The maximum Gasteiger partial charge on any atom is 0.0327 e. The van der Waals surface area contributed by atoms with E-state index in [1.165, 1.54) is 19.4 Å². The first kappa shape index (κ1) is 6.64. The first-order chi connectivity index (χ1) is 4.33. The molecule has 1 rings (SSSR count). The van der Waals surface area contributed by atoms with Crippen LogP contribution < -0.4 is 0 Å². The summed E-state index contributed by atoms with van der Waals surface area (Å²) in [4.78, 5) is 2.30. The van der Waals surface area contributed by atoms with Gasteiger partial charge in [0.05, 0.1) is 0 Å². The second-order valence-electron chi connectivity index (χ2n) is 2.77. The second kappa shape index (κ2) is 2.89. The molecule has 0 amide bonds. The standard InChI is InChI=1S/C8H13N/c1-3-8-5-4-6-9(2)7-8/h1,8H,4-7H2,2H3/t8-/m0/s1. The molecule has 0 aromatic carbocycles. The third kappa shape index (κ3) is 1.73. The van der Waals surface area contributed by atoms with Crippen molar-refractivity contribution >= 4 is 0 Å². The van der Waals surface area contributed by atoms with Gasteiger partial charge in [-0.25, -0.2) is 0 Å². The number of rotatable bonds is 0. The van der Waals surface area contributed by atoms with Crippen LogP contribution in [0.25, 0.3) is 0 Å². The molecule has 50 valence electrons. The zero-order valence-corrected chi connectivity index (χ0v) is 5.93. The van der Waals surface area contributed by atoms with Crippen LogP contribution in [-0.4, -0.2) is 25.0 Å². The zero-order chi connectivity index (χ0) is 6.69. The monoisotopic (exact) mass is 123 g/mol. The maximum atomic E-state index is 5.29. The van der Waals surface area contributed by atoms with Crippen molar-refractivity contribution in [2.24, 2.45) is 5.92 Å². The average Bonchev–Trinajstić information content (AvgIpc) is 1.88. The Morgan fingerprint density at radius 1 is 1.67 bits per heavy atom. The Labute approximate surface area is 57.0 Å². The molecule has 0 radical (unpaired) electrons. The highest BCUT2D eigenvalue weighted by molar-refractivity contribution is 4.95. The molecule has 1 heterocycles. The van der Waals surface area contributed by atoms with Crippen molar-refractivity contribution in [1.29, 1.82) is 0 Å².